The molecular weight excluding hydrogens is 262 g/mol. The van der Waals surface area contributed by atoms with Crippen LogP contribution < -0.4 is 5.32 Å². The molecule has 1 saturated heterocycles. The number of rotatable bonds is 2. The molecule has 1 heterocycles. The van der Waals surface area contributed by atoms with Crippen LogP contribution in [0.15, 0.2) is 24.3 Å². The maximum Gasteiger partial charge on any atom is 0.317 e. The first-order valence-electron chi connectivity index (χ1n) is 7.69. The average Bonchev–Trinajstić information content (AvgIpc) is 2.45. The monoisotopic (exact) mass is 289 g/mol. The number of amides is 2. The Morgan fingerprint density at radius 1 is 1.10 bits per heavy atom. The third kappa shape index (κ3) is 4.46. The Hall–Kier alpha value is -1.55. The normalized spacial score (nSPS) is 16.9. The minimum atomic E-state index is 0.0455. The smallest absolute Gasteiger partial charge is 0.317 e. The zero-order chi connectivity index (χ0) is 15.5. The van der Waals surface area contributed by atoms with Gasteiger partial charge in [0, 0.05) is 38.3 Å². The van der Waals surface area contributed by atoms with Crippen molar-refractivity contribution in [3.8, 4) is 0 Å². The number of hydrogen-bond acceptors (Lipinski definition) is 2. The lowest BCUT2D eigenvalue weighted by atomic mass is 10.1. The Morgan fingerprint density at radius 3 is 2.19 bits per heavy atom. The van der Waals surface area contributed by atoms with Gasteiger partial charge in [-0.15, -0.1) is 0 Å². The molecule has 0 spiro atoms. The number of carbonyl (C=O) groups excluding carboxylic acids is 1. The van der Waals surface area contributed by atoms with Crippen LogP contribution in [0, 0.1) is 6.92 Å². The van der Waals surface area contributed by atoms with E-state index in [2.05, 4.69) is 62.2 Å². The first-order chi connectivity index (χ1) is 9.86. The van der Waals surface area contributed by atoms with Gasteiger partial charge in [-0.3, -0.25) is 4.90 Å². The standard InChI is InChI=1S/C17H27N3O/c1-14-5-7-15(8-6-14)13-18-16(21)19-9-11-20(12-10-19)17(2,3)4/h5-8H,9-13H2,1-4H3,(H,18,21). The zero-order valence-corrected chi connectivity index (χ0v) is 13.6. The van der Waals surface area contributed by atoms with E-state index in [4.69, 9.17) is 0 Å². The summed E-state index contributed by atoms with van der Waals surface area (Å²) in [6.45, 7) is 12.8. The Morgan fingerprint density at radius 2 is 1.67 bits per heavy atom. The summed E-state index contributed by atoms with van der Waals surface area (Å²) in [6, 6.07) is 8.32. The van der Waals surface area contributed by atoms with Crippen molar-refractivity contribution in [1.29, 1.82) is 0 Å². The van der Waals surface area contributed by atoms with Crippen molar-refractivity contribution in [2.75, 3.05) is 26.2 Å². The second-order valence-electron chi connectivity index (χ2n) is 6.79. The molecule has 21 heavy (non-hydrogen) atoms. The van der Waals surface area contributed by atoms with Crippen LogP contribution in [0.25, 0.3) is 0 Å². The summed E-state index contributed by atoms with van der Waals surface area (Å²) < 4.78 is 0. The van der Waals surface area contributed by atoms with Gasteiger partial charge >= 0.3 is 6.03 Å². The molecule has 2 rings (SSSR count). The molecule has 1 fully saturated rings. The Labute approximate surface area is 128 Å². The van der Waals surface area contributed by atoms with Crippen molar-refractivity contribution < 1.29 is 4.79 Å². The van der Waals surface area contributed by atoms with E-state index in [0.29, 0.717) is 6.54 Å². The molecule has 116 valence electrons. The fraction of sp³-hybridized carbons (Fsp3) is 0.588. The largest absolute Gasteiger partial charge is 0.334 e. The molecule has 0 aliphatic carbocycles. The molecule has 0 atom stereocenters. The van der Waals surface area contributed by atoms with Gasteiger partial charge in [-0.25, -0.2) is 4.79 Å². The second-order valence-corrected chi connectivity index (χ2v) is 6.79. The molecule has 1 aliphatic rings. The van der Waals surface area contributed by atoms with Crippen LogP contribution in [-0.4, -0.2) is 47.5 Å². The Balaban J connectivity index is 1.78. The van der Waals surface area contributed by atoms with Gasteiger partial charge < -0.3 is 10.2 Å². The topological polar surface area (TPSA) is 35.6 Å². The van der Waals surface area contributed by atoms with Gasteiger partial charge in [0.15, 0.2) is 0 Å². The van der Waals surface area contributed by atoms with Gasteiger partial charge in [-0.05, 0) is 33.3 Å². The molecule has 1 aliphatic heterocycles. The molecule has 0 saturated carbocycles. The van der Waals surface area contributed by atoms with Crippen LogP contribution >= 0.6 is 0 Å². The van der Waals surface area contributed by atoms with Crippen LogP contribution in [0.5, 0.6) is 0 Å². The van der Waals surface area contributed by atoms with Gasteiger partial charge in [0.05, 0.1) is 0 Å². The summed E-state index contributed by atoms with van der Waals surface area (Å²) in [5.41, 5.74) is 2.57. The Bertz CT molecular complexity index is 468. The van der Waals surface area contributed by atoms with Gasteiger partial charge in [0.1, 0.15) is 0 Å². The van der Waals surface area contributed by atoms with E-state index in [-0.39, 0.29) is 11.6 Å². The van der Waals surface area contributed by atoms with E-state index in [1.54, 1.807) is 0 Å². The number of aryl methyl sites for hydroxylation is 1. The van der Waals surface area contributed by atoms with Gasteiger partial charge in [0.25, 0.3) is 0 Å². The minimum Gasteiger partial charge on any atom is -0.334 e. The molecule has 4 nitrogen and oxygen atoms in total. The molecule has 1 aromatic rings. The molecule has 4 heteroatoms. The van der Waals surface area contributed by atoms with Gasteiger partial charge in [-0.1, -0.05) is 29.8 Å². The molecule has 2 amide bonds. The van der Waals surface area contributed by atoms with E-state index in [9.17, 15) is 4.79 Å². The van der Waals surface area contributed by atoms with Crippen LogP contribution in [0.2, 0.25) is 0 Å². The number of urea groups is 1. The number of hydrogen-bond donors (Lipinski definition) is 1. The van der Waals surface area contributed by atoms with Crippen molar-refractivity contribution in [2.24, 2.45) is 0 Å². The van der Waals surface area contributed by atoms with Gasteiger partial charge in [-0.2, -0.15) is 0 Å². The highest BCUT2D eigenvalue weighted by molar-refractivity contribution is 5.74. The van der Waals surface area contributed by atoms with E-state index in [0.717, 1.165) is 31.7 Å². The number of nitrogens with one attached hydrogen (secondary N) is 1. The van der Waals surface area contributed by atoms with Crippen LogP contribution in [0.3, 0.4) is 0 Å². The second kappa shape index (κ2) is 6.48. The van der Waals surface area contributed by atoms with Crippen molar-refractivity contribution in [1.82, 2.24) is 15.1 Å². The highest BCUT2D eigenvalue weighted by Crippen LogP contribution is 2.15. The summed E-state index contributed by atoms with van der Waals surface area (Å²) in [5, 5.41) is 3.01. The minimum absolute atomic E-state index is 0.0455. The molecule has 1 aromatic carbocycles. The highest BCUT2D eigenvalue weighted by atomic mass is 16.2. The van der Waals surface area contributed by atoms with E-state index < -0.39 is 0 Å². The van der Waals surface area contributed by atoms with Gasteiger partial charge in [0.2, 0.25) is 0 Å². The predicted molar refractivity (Wildman–Crippen MR) is 86.3 cm³/mol. The SMILES string of the molecule is Cc1ccc(CNC(=O)N2CCN(C(C)(C)C)CC2)cc1. The molecule has 0 bridgehead atoms. The third-order valence-corrected chi connectivity index (χ3v) is 4.08. The number of nitrogens with zero attached hydrogens (tertiary/aromatic N) is 2. The number of carbonyl (C=O) groups is 1. The molecular formula is C17H27N3O. The summed E-state index contributed by atoms with van der Waals surface area (Å²) in [7, 11) is 0. The maximum absolute atomic E-state index is 12.2. The van der Waals surface area contributed by atoms with Crippen LogP contribution in [0.4, 0.5) is 4.79 Å². The summed E-state index contributed by atoms with van der Waals surface area (Å²) in [5.74, 6) is 0. The molecule has 0 unspecified atom stereocenters. The number of benzene rings is 1. The quantitative estimate of drug-likeness (QED) is 0.908. The van der Waals surface area contributed by atoms with Crippen molar-refractivity contribution in [3.05, 3.63) is 35.4 Å². The fourth-order valence-corrected chi connectivity index (χ4v) is 2.58. The summed E-state index contributed by atoms with van der Waals surface area (Å²) in [4.78, 5) is 16.5. The summed E-state index contributed by atoms with van der Waals surface area (Å²) in [6.07, 6.45) is 0. The van der Waals surface area contributed by atoms with Crippen LogP contribution in [-0.2, 0) is 6.54 Å². The fourth-order valence-electron chi connectivity index (χ4n) is 2.58. The predicted octanol–water partition coefficient (Wildman–Crippen LogP) is 2.62. The first-order valence-corrected chi connectivity index (χ1v) is 7.69. The number of piperazine rings is 1. The molecule has 0 radical (unpaired) electrons. The van der Waals surface area contributed by atoms with Crippen molar-refractivity contribution in [2.45, 2.75) is 39.8 Å². The Kier molecular flexibility index (Phi) is 4.88. The highest BCUT2D eigenvalue weighted by Gasteiger charge is 2.27. The van der Waals surface area contributed by atoms with Crippen LogP contribution in [0.1, 0.15) is 31.9 Å². The van der Waals surface area contributed by atoms with E-state index >= 15 is 0 Å². The lowest BCUT2D eigenvalue weighted by Gasteiger charge is -2.42. The summed E-state index contributed by atoms with van der Waals surface area (Å²) >= 11 is 0. The molecule has 0 aromatic heterocycles. The lowest BCUT2D eigenvalue weighted by Crippen LogP contribution is -2.56. The molecule has 1 N–H and O–H groups in total. The van der Waals surface area contributed by atoms with E-state index in [1.165, 1.54) is 5.56 Å². The first kappa shape index (κ1) is 15.8. The van der Waals surface area contributed by atoms with E-state index in [1.807, 2.05) is 4.90 Å². The third-order valence-electron chi connectivity index (χ3n) is 4.08. The lowest BCUT2D eigenvalue weighted by molar-refractivity contribution is 0.0742. The zero-order valence-electron chi connectivity index (χ0n) is 13.6. The van der Waals surface area contributed by atoms with Crippen molar-refractivity contribution >= 4 is 6.03 Å². The average molecular weight is 289 g/mol. The maximum atomic E-state index is 12.2. The van der Waals surface area contributed by atoms with Crippen molar-refractivity contribution in [3.63, 3.8) is 0 Å².